The highest BCUT2D eigenvalue weighted by atomic mass is 28.4. The van der Waals surface area contributed by atoms with Crippen LogP contribution in [0.15, 0.2) is 76.4 Å². The first kappa shape index (κ1) is 33.0. The minimum atomic E-state index is -2.93. The monoisotopic (exact) mass is 611 g/mol. The van der Waals surface area contributed by atoms with Gasteiger partial charge in [-0.3, -0.25) is 19.2 Å². The number of aryl methyl sites for hydroxylation is 1. The maximum absolute atomic E-state index is 12.9. The second-order valence-corrected chi connectivity index (χ2v) is 16.6. The van der Waals surface area contributed by atoms with Crippen molar-refractivity contribution in [3.05, 3.63) is 93.3 Å². The van der Waals surface area contributed by atoms with Crippen LogP contribution >= 0.6 is 0 Å². The SMILES string of the molecule is Cc1cn([C@@H]2O[C@H](CO[Si](c3ccccc3)(c3ccccc3)C(C)(C)C)[C@@H](O)[C@H]2OCCON(C)C(C)C)c(=O)[nH]c1=O. The number of hydrogen-bond acceptors (Lipinski definition) is 8. The molecule has 2 heterocycles. The fourth-order valence-corrected chi connectivity index (χ4v) is 10.1. The molecule has 0 spiro atoms. The predicted molar refractivity (Wildman–Crippen MR) is 168 cm³/mol. The lowest BCUT2D eigenvalue weighted by Gasteiger charge is -2.43. The number of nitrogens with zero attached hydrogens (tertiary/aromatic N) is 2. The first-order valence-corrected chi connectivity index (χ1v) is 16.7. The number of aromatic amines is 1. The summed E-state index contributed by atoms with van der Waals surface area (Å²) in [7, 11) is -1.09. The summed E-state index contributed by atoms with van der Waals surface area (Å²) in [5.74, 6) is 0. The number of hydrogen-bond donors (Lipinski definition) is 2. The van der Waals surface area contributed by atoms with Crippen molar-refractivity contribution in [3.63, 3.8) is 0 Å². The molecule has 0 amide bonds. The van der Waals surface area contributed by atoms with Crippen molar-refractivity contribution < 1.29 is 23.8 Å². The highest BCUT2D eigenvalue weighted by molar-refractivity contribution is 6.99. The molecule has 2 aromatic carbocycles. The third kappa shape index (κ3) is 7.09. The van der Waals surface area contributed by atoms with Crippen LogP contribution in [0, 0.1) is 6.92 Å². The summed E-state index contributed by atoms with van der Waals surface area (Å²) >= 11 is 0. The van der Waals surface area contributed by atoms with Crippen molar-refractivity contribution in [1.29, 1.82) is 0 Å². The number of benzene rings is 2. The van der Waals surface area contributed by atoms with Gasteiger partial charge < -0.3 is 19.0 Å². The molecule has 4 atom stereocenters. The van der Waals surface area contributed by atoms with E-state index in [2.05, 4.69) is 50.0 Å². The molecular weight excluding hydrogens is 566 g/mol. The summed E-state index contributed by atoms with van der Waals surface area (Å²) in [6.45, 7) is 12.6. The molecule has 0 radical (unpaired) electrons. The fraction of sp³-hybridized carbons (Fsp3) is 0.500. The molecule has 1 aliphatic heterocycles. The van der Waals surface area contributed by atoms with Crippen LogP contribution in [-0.2, 0) is 18.7 Å². The van der Waals surface area contributed by atoms with Crippen LogP contribution in [0.4, 0.5) is 0 Å². The van der Waals surface area contributed by atoms with Crippen LogP contribution < -0.4 is 21.6 Å². The second-order valence-electron chi connectivity index (χ2n) is 12.3. The molecule has 10 nitrogen and oxygen atoms in total. The largest absolute Gasteiger partial charge is 0.405 e. The minimum Gasteiger partial charge on any atom is -0.405 e. The Balaban J connectivity index is 1.65. The van der Waals surface area contributed by atoms with E-state index in [1.54, 1.807) is 12.0 Å². The Labute approximate surface area is 254 Å². The third-order valence-electron chi connectivity index (χ3n) is 8.03. The fourth-order valence-electron chi connectivity index (χ4n) is 5.52. The van der Waals surface area contributed by atoms with Gasteiger partial charge in [-0.25, -0.2) is 4.79 Å². The van der Waals surface area contributed by atoms with Crippen molar-refractivity contribution in [3.8, 4) is 0 Å². The predicted octanol–water partition coefficient (Wildman–Crippen LogP) is 2.34. The van der Waals surface area contributed by atoms with Crippen LogP contribution in [0.3, 0.4) is 0 Å². The number of nitrogens with one attached hydrogen (secondary N) is 1. The zero-order valence-corrected chi connectivity index (χ0v) is 27.2. The summed E-state index contributed by atoms with van der Waals surface area (Å²) in [4.78, 5) is 33.0. The van der Waals surface area contributed by atoms with E-state index in [-0.39, 0.29) is 30.9 Å². The topological polar surface area (TPSA) is 115 Å². The number of aliphatic hydroxyl groups is 1. The first-order chi connectivity index (χ1) is 20.4. The number of aromatic nitrogens is 2. The molecule has 11 heteroatoms. The molecule has 1 fully saturated rings. The molecule has 0 bridgehead atoms. The van der Waals surface area contributed by atoms with E-state index < -0.39 is 44.1 Å². The molecule has 3 aromatic rings. The number of rotatable bonds is 12. The molecule has 2 N–H and O–H groups in total. The molecule has 4 rings (SSSR count). The Hall–Kier alpha value is -2.90. The number of ether oxygens (including phenoxy) is 2. The molecule has 1 aromatic heterocycles. The van der Waals surface area contributed by atoms with Gasteiger partial charge in [-0.05, 0) is 36.2 Å². The van der Waals surface area contributed by atoms with Crippen LogP contribution in [0.25, 0.3) is 0 Å². The van der Waals surface area contributed by atoms with Crippen molar-refractivity contribution in [2.45, 2.75) is 77.2 Å². The first-order valence-electron chi connectivity index (χ1n) is 14.7. The van der Waals surface area contributed by atoms with Crippen LogP contribution in [0.2, 0.25) is 5.04 Å². The highest BCUT2D eigenvalue weighted by Crippen LogP contribution is 2.38. The van der Waals surface area contributed by atoms with Gasteiger partial charge in [0.15, 0.2) is 6.23 Å². The van der Waals surface area contributed by atoms with Crippen molar-refractivity contribution >= 4 is 18.7 Å². The number of hydroxylamine groups is 2. The minimum absolute atomic E-state index is 0.0640. The molecule has 1 aliphatic rings. The van der Waals surface area contributed by atoms with Gasteiger partial charge in [0.1, 0.15) is 18.3 Å². The van der Waals surface area contributed by atoms with Crippen molar-refractivity contribution in [1.82, 2.24) is 14.6 Å². The quantitative estimate of drug-likeness (QED) is 0.182. The maximum atomic E-state index is 12.9. The standard InChI is InChI=1S/C32H45N3O7Si/c1-22(2)34(7)40-19-18-39-28-27(36)26(42-30(28)35-20-23(3)29(37)33-31(35)38)21-41-43(32(4,5)6,24-14-10-8-11-15-24)25-16-12-9-13-17-25/h8-17,20,22,26-28,30,36H,18-19,21H2,1-7H3,(H,33,37,38)/t26-,27-,28-,30-/m1/s1. The van der Waals surface area contributed by atoms with E-state index in [0.717, 1.165) is 10.4 Å². The van der Waals surface area contributed by atoms with Gasteiger partial charge in [0, 0.05) is 24.8 Å². The Morgan fingerprint density at radius 3 is 2.14 bits per heavy atom. The van der Waals surface area contributed by atoms with E-state index in [4.69, 9.17) is 18.7 Å². The van der Waals surface area contributed by atoms with Crippen LogP contribution in [0.1, 0.15) is 46.4 Å². The van der Waals surface area contributed by atoms with Gasteiger partial charge >= 0.3 is 5.69 Å². The van der Waals surface area contributed by atoms with Crippen molar-refractivity contribution in [2.75, 3.05) is 26.9 Å². The molecule has 43 heavy (non-hydrogen) atoms. The molecule has 0 aliphatic carbocycles. The van der Waals surface area contributed by atoms with E-state index in [0.29, 0.717) is 5.56 Å². The molecule has 0 unspecified atom stereocenters. The lowest BCUT2D eigenvalue weighted by molar-refractivity contribution is -0.180. The molecule has 234 valence electrons. The Bertz CT molecular complexity index is 1400. The summed E-state index contributed by atoms with van der Waals surface area (Å²) in [6.07, 6.45) is -2.40. The normalized spacial score (nSPS) is 21.2. The van der Waals surface area contributed by atoms with Crippen molar-refractivity contribution in [2.24, 2.45) is 0 Å². The molecule has 0 saturated carbocycles. The van der Waals surface area contributed by atoms with Gasteiger partial charge in [-0.2, -0.15) is 5.06 Å². The van der Waals surface area contributed by atoms with Crippen LogP contribution in [0.5, 0.6) is 0 Å². The zero-order chi connectivity index (χ0) is 31.4. The smallest absolute Gasteiger partial charge is 0.330 e. The Morgan fingerprint density at radius 2 is 1.60 bits per heavy atom. The van der Waals surface area contributed by atoms with E-state index >= 15 is 0 Å². The lowest BCUT2D eigenvalue weighted by atomic mass is 10.1. The average Bonchev–Trinajstić information content (AvgIpc) is 3.28. The second kappa shape index (κ2) is 13.8. The van der Waals surface area contributed by atoms with Gasteiger partial charge in [0.05, 0.1) is 19.8 Å². The zero-order valence-electron chi connectivity index (χ0n) is 26.2. The van der Waals surface area contributed by atoms with E-state index in [1.807, 2.05) is 57.3 Å². The summed E-state index contributed by atoms with van der Waals surface area (Å²) in [5.41, 5.74) is -0.787. The lowest BCUT2D eigenvalue weighted by Crippen LogP contribution is -2.67. The summed E-state index contributed by atoms with van der Waals surface area (Å²) in [5, 5.41) is 15.2. The Kier molecular flexibility index (Phi) is 10.6. The summed E-state index contributed by atoms with van der Waals surface area (Å²) in [6, 6.07) is 20.6. The third-order valence-corrected chi connectivity index (χ3v) is 13.0. The molecule has 1 saturated heterocycles. The van der Waals surface area contributed by atoms with Crippen LogP contribution in [-0.4, -0.2) is 79.3 Å². The van der Waals surface area contributed by atoms with Gasteiger partial charge in [0.2, 0.25) is 0 Å². The molecular formula is C32H45N3O7Si. The van der Waals surface area contributed by atoms with E-state index in [1.165, 1.54) is 10.8 Å². The van der Waals surface area contributed by atoms with E-state index in [9.17, 15) is 14.7 Å². The summed E-state index contributed by atoms with van der Waals surface area (Å²) < 4.78 is 20.8. The maximum Gasteiger partial charge on any atom is 0.330 e. The highest BCUT2D eigenvalue weighted by Gasteiger charge is 2.52. The van der Waals surface area contributed by atoms with Gasteiger partial charge in [-0.1, -0.05) is 81.4 Å². The van der Waals surface area contributed by atoms with Gasteiger partial charge in [-0.15, -0.1) is 0 Å². The number of aliphatic hydroxyl groups excluding tert-OH is 1. The Morgan fingerprint density at radius 1 is 1.02 bits per heavy atom. The van der Waals surface area contributed by atoms with Gasteiger partial charge in [0.25, 0.3) is 13.9 Å². The number of H-pyrrole nitrogens is 1. The average molecular weight is 612 g/mol.